The Morgan fingerprint density at radius 3 is 2.46 bits per heavy atom. The maximum Gasteiger partial charge on any atom is 0.336 e. The van der Waals surface area contributed by atoms with Gasteiger partial charge in [-0.3, -0.25) is 0 Å². The van der Waals surface area contributed by atoms with E-state index >= 15 is 0 Å². The maximum atomic E-state index is 12.1. The second kappa shape index (κ2) is 5.35. The van der Waals surface area contributed by atoms with Crippen molar-refractivity contribution in [2.75, 3.05) is 0 Å². The van der Waals surface area contributed by atoms with Crippen LogP contribution in [0.15, 0.2) is 54.5 Å². The second-order valence-electron chi connectivity index (χ2n) is 6.06. The number of furan rings is 1. The van der Waals surface area contributed by atoms with Gasteiger partial charge in [0.05, 0.1) is 0 Å². The summed E-state index contributed by atoms with van der Waals surface area (Å²) >= 11 is 3.49. The van der Waals surface area contributed by atoms with Crippen molar-refractivity contribution >= 4 is 37.9 Å². The van der Waals surface area contributed by atoms with Crippen molar-refractivity contribution in [2.45, 2.75) is 20.8 Å². The first-order valence-corrected chi connectivity index (χ1v) is 8.48. The third kappa shape index (κ3) is 2.21. The molecule has 0 bridgehead atoms. The minimum Gasteiger partial charge on any atom is -0.456 e. The van der Waals surface area contributed by atoms with Crippen LogP contribution in [0.25, 0.3) is 33.3 Å². The third-order valence-electron chi connectivity index (χ3n) is 4.57. The number of fused-ring (bicyclic) bond motifs is 2. The molecule has 4 rings (SSSR count). The van der Waals surface area contributed by atoms with Gasteiger partial charge in [0.25, 0.3) is 0 Å². The molecule has 4 heteroatoms. The average molecular weight is 383 g/mol. The predicted octanol–water partition coefficient (Wildman–Crippen LogP) is 5.89. The molecule has 0 radical (unpaired) electrons. The molecule has 2 heterocycles. The standard InChI is InChI=1S/C20H15BrO3/c1-10-4-6-14-16(9-18(22)24-19(14)11(10)2)20-12(3)15-8-13(21)5-7-17(15)23-20/h4-9H,1-3H3. The van der Waals surface area contributed by atoms with Crippen LogP contribution >= 0.6 is 15.9 Å². The van der Waals surface area contributed by atoms with Gasteiger partial charge in [-0.1, -0.05) is 28.1 Å². The molecule has 0 atom stereocenters. The van der Waals surface area contributed by atoms with Crippen molar-refractivity contribution in [1.29, 1.82) is 0 Å². The second-order valence-corrected chi connectivity index (χ2v) is 6.98. The van der Waals surface area contributed by atoms with Crippen molar-refractivity contribution in [3.05, 3.63) is 68.0 Å². The Morgan fingerprint density at radius 1 is 0.875 bits per heavy atom. The molecule has 0 aliphatic heterocycles. The summed E-state index contributed by atoms with van der Waals surface area (Å²) in [6.45, 7) is 5.98. The summed E-state index contributed by atoms with van der Waals surface area (Å²) in [7, 11) is 0. The smallest absolute Gasteiger partial charge is 0.336 e. The fourth-order valence-electron chi connectivity index (χ4n) is 3.10. The summed E-state index contributed by atoms with van der Waals surface area (Å²) < 4.78 is 12.5. The average Bonchev–Trinajstić information content (AvgIpc) is 2.87. The maximum absolute atomic E-state index is 12.1. The molecule has 2 aromatic carbocycles. The molecule has 0 saturated carbocycles. The van der Waals surface area contributed by atoms with Crippen LogP contribution in [-0.2, 0) is 0 Å². The van der Waals surface area contributed by atoms with Crippen LogP contribution in [0.4, 0.5) is 0 Å². The van der Waals surface area contributed by atoms with E-state index in [1.807, 2.05) is 51.1 Å². The van der Waals surface area contributed by atoms with Crippen LogP contribution in [0.5, 0.6) is 0 Å². The number of aryl methyl sites for hydroxylation is 3. The monoisotopic (exact) mass is 382 g/mol. The van der Waals surface area contributed by atoms with Gasteiger partial charge in [0.1, 0.15) is 16.9 Å². The Hall–Kier alpha value is -2.33. The molecule has 120 valence electrons. The lowest BCUT2D eigenvalue weighted by atomic mass is 10.00. The number of hydrogen-bond acceptors (Lipinski definition) is 3. The Kier molecular flexibility index (Phi) is 3.39. The lowest BCUT2D eigenvalue weighted by Gasteiger charge is -2.08. The largest absolute Gasteiger partial charge is 0.456 e. The van der Waals surface area contributed by atoms with Gasteiger partial charge in [0, 0.05) is 32.4 Å². The normalized spacial score (nSPS) is 11.5. The van der Waals surface area contributed by atoms with E-state index < -0.39 is 0 Å². The Labute approximate surface area is 147 Å². The van der Waals surface area contributed by atoms with E-state index in [4.69, 9.17) is 8.83 Å². The summed E-state index contributed by atoms with van der Waals surface area (Å²) in [6, 6.07) is 11.4. The van der Waals surface area contributed by atoms with Gasteiger partial charge in [-0.05, 0) is 50.1 Å². The Morgan fingerprint density at radius 2 is 1.67 bits per heavy atom. The molecule has 0 aliphatic carbocycles. The number of benzene rings is 2. The summed E-state index contributed by atoms with van der Waals surface area (Å²) in [4.78, 5) is 12.1. The zero-order valence-electron chi connectivity index (χ0n) is 13.6. The minimum atomic E-state index is -0.368. The van der Waals surface area contributed by atoms with E-state index in [-0.39, 0.29) is 5.63 Å². The highest BCUT2D eigenvalue weighted by molar-refractivity contribution is 9.10. The molecule has 0 saturated heterocycles. The van der Waals surface area contributed by atoms with Gasteiger partial charge < -0.3 is 8.83 Å². The van der Waals surface area contributed by atoms with E-state index in [0.29, 0.717) is 11.3 Å². The predicted molar refractivity (Wildman–Crippen MR) is 99.6 cm³/mol. The lowest BCUT2D eigenvalue weighted by molar-refractivity contribution is 0.557. The fourth-order valence-corrected chi connectivity index (χ4v) is 3.46. The molecule has 0 amide bonds. The highest BCUT2D eigenvalue weighted by atomic mass is 79.9. The highest BCUT2D eigenvalue weighted by Gasteiger charge is 2.18. The van der Waals surface area contributed by atoms with Crippen LogP contribution < -0.4 is 5.63 Å². The first-order chi connectivity index (χ1) is 11.5. The molecule has 0 aliphatic rings. The van der Waals surface area contributed by atoms with Gasteiger partial charge >= 0.3 is 5.63 Å². The van der Waals surface area contributed by atoms with E-state index in [1.54, 1.807) is 0 Å². The molecular formula is C20H15BrO3. The van der Waals surface area contributed by atoms with E-state index in [0.717, 1.165) is 43.1 Å². The van der Waals surface area contributed by atoms with Crippen LogP contribution in [0.1, 0.15) is 16.7 Å². The number of rotatable bonds is 1. The lowest BCUT2D eigenvalue weighted by Crippen LogP contribution is -2.00. The van der Waals surface area contributed by atoms with Crippen LogP contribution in [-0.4, -0.2) is 0 Å². The van der Waals surface area contributed by atoms with Gasteiger partial charge in [0.15, 0.2) is 0 Å². The van der Waals surface area contributed by atoms with E-state index in [1.165, 1.54) is 6.07 Å². The molecule has 0 spiro atoms. The van der Waals surface area contributed by atoms with Crippen molar-refractivity contribution in [2.24, 2.45) is 0 Å². The fraction of sp³-hybridized carbons (Fsp3) is 0.150. The third-order valence-corrected chi connectivity index (χ3v) is 5.07. The summed E-state index contributed by atoms with van der Waals surface area (Å²) in [6.07, 6.45) is 0. The zero-order chi connectivity index (χ0) is 17.0. The molecule has 2 aromatic heterocycles. The molecular weight excluding hydrogens is 368 g/mol. The van der Waals surface area contributed by atoms with Gasteiger partial charge in [-0.2, -0.15) is 0 Å². The zero-order valence-corrected chi connectivity index (χ0v) is 15.2. The molecule has 3 nitrogen and oxygen atoms in total. The summed E-state index contributed by atoms with van der Waals surface area (Å²) in [5.41, 5.74) is 4.91. The van der Waals surface area contributed by atoms with Crippen molar-refractivity contribution < 1.29 is 8.83 Å². The van der Waals surface area contributed by atoms with Crippen LogP contribution in [0.3, 0.4) is 0 Å². The van der Waals surface area contributed by atoms with Gasteiger partial charge in [0.2, 0.25) is 0 Å². The van der Waals surface area contributed by atoms with Gasteiger partial charge in [-0.15, -0.1) is 0 Å². The molecule has 0 fully saturated rings. The summed E-state index contributed by atoms with van der Waals surface area (Å²) in [5.74, 6) is 0.712. The molecule has 24 heavy (non-hydrogen) atoms. The molecule has 0 N–H and O–H groups in total. The Bertz CT molecular complexity index is 1170. The molecule has 4 aromatic rings. The topological polar surface area (TPSA) is 43.4 Å². The van der Waals surface area contributed by atoms with E-state index in [9.17, 15) is 4.79 Å². The number of halogens is 1. The SMILES string of the molecule is Cc1ccc2c(-c3oc4ccc(Br)cc4c3C)cc(=O)oc2c1C. The first kappa shape index (κ1) is 15.2. The van der Waals surface area contributed by atoms with Crippen molar-refractivity contribution in [3.8, 4) is 11.3 Å². The highest BCUT2D eigenvalue weighted by Crippen LogP contribution is 2.37. The molecule has 0 unspecified atom stereocenters. The van der Waals surface area contributed by atoms with Crippen LogP contribution in [0, 0.1) is 20.8 Å². The van der Waals surface area contributed by atoms with Gasteiger partial charge in [-0.25, -0.2) is 4.79 Å². The minimum absolute atomic E-state index is 0.368. The van der Waals surface area contributed by atoms with Crippen molar-refractivity contribution in [1.82, 2.24) is 0 Å². The Balaban J connectivity index is 2.12. The first-order valence-electron chi connectivity index (χ1n) is 7.69. The van der Waals surface area contributed by atoms with Crippen LogP contribution in [0.2, 0.25) is 0 Å². The van der Waals surface area contributed by atoms with E-state index in [2.05, 4.69) is 15.9 Å². The number of hydrogen-bond donors (Lipinski definition) is 0. The quantitative estimate of drug-likeness (QED) is 0.385. The van der Waals surface area contributed by atoms with Crippen molar-refractivity contribution in [3.63, 3.8) is 0 Å². The summed E-state index contributed by atoms with van der Waals surface area (Å²) in [5, 5.41) is 1.92.